The maximum absolute atomic E-state index is 11.0. The number of rotatable bonds is 4. The van der Waals surface area contributed by atoms with Crippen molar-refractivity contribution in [3.8, 4) is 6.07 Å². The summed E-state index contributed by atoms with van der Waals surface area (Å²) < 4.78 is 0. The summed E-state index contributed by atoms with van der Waals surface area (Å²) >= 11 is 0. The zero-order valence-corrected chi connectivity index (χ0v) is 14.2. The number of nitrogens with one attached hydrogen (secondary N) is 2. The summed E-state index contributed by atoms with van der Waals surface area (Å²) in [5, 5.41) is 15.1. The molecule has 1 aromatic carbocycles. The lowest BCUT2D eigenvalue weighted by molar-refractivity contribution is -0.114. The smallest absolute Gasteiger partial charge is 0.221 e. The van der Waals surface area contributed by atoms with Crippen LogP contribution in [0.25, 0.3) is 0 Å². The second-order valence-electron chi connectivity index (χ2n) is 4.97. The van der Waals surface area contributed by atoms with Crippen LogP contribution in [0.3, 0.4) is 0 Å². The molecule has 2 N–H and O–H groups in total. The van der Waals surface area contributed by atoms with Crippen molar-refractivity contribution in [3.63, 3.8) is 0 Å². The van der Waals surface area contributed by atoms with Crippen molar-refractivity contribution in [2.45, 2.75) is 19.4 Å². The van der Waals surface area contributed by atoms with Crippen molar-refractivity contribution in [3.05, 3.63) is 29.8 Å². The molecule has 0 spiro atoms. The van der Waals surface area contributed by atoms with Gasteiger partial charge in [-0.1, -0.05) is 12.1 Å². The monoisotopic (exact) mass is 344 g/mol. The maximum atomic E-state index is 11.0. The third-order valence-electron chi connectivity index (χ3n) is 3.49. The van der Waals surface area contributed by atoms with E-state index >= 15 is 0 Å². The highest BCUT2D eigenvalue weighted by Gasteiger charge is 2.21. The minimum Gasteiger partial charge on any atom is -0.326 e. The Morgan fingerprint density at radius 3 is 2.41 bits per heavy atom. The van der Waals surface area contributed by atoms with Crippen molar-refractivity contribution in [2.75, 3.05) is 31.5 Å². The Kier molecular flexibility index (Phi) is 9.79. The maximum Gasteiger partial charge on any atom is 0.221 e. The fraction of sp³-hybridized carbons (Fsp3) is 0.467. The molecule has 0 aliphatic carbocycles. The molecule has 122 valence electrons. The van der Waals surface area contributed by atoms with Crippen molar-refractivity contribution in [1.82, 2.24) is 10.2 Å². The first kappa shape index (κ1) is 20.7. The van der Waals surface area contributed by atoms with Gasteiger partial charge in [-0.05, 0) is 17.7 Å². The van der Waals surface area contributed by atoms with E-state index in [1.165, 1.54) is 6.92 Å². The number of benzene rings is 1. The molecular weight excluding hydrogens is 323 g/mol. The van der Waals surface area contributed by atoms with Crippen molar-refractivity contribution in [1.29, 1.82) is 5.26 Å². The molecule has 0 radical (unpaired) electrons. The molecular formula is C15H22Cl2N4O. The van der Waals surface area contributed by atoms with Crippen LogP contribution in [0.1, 0.15) is 24.9 Å². The van der Waals surface area contributed by atoms with Gasteiger partial charge in [-0.2, -0.15) is 5.26 Å². The van der Waals surface area contributed by atoms with Gasteiger partial charge < -0.3 is 10.6 Å². The second kappa shape index (κ2) is 10.4. The Bertz CT molecular complexity index is 495. The quantitative estimate of drug-likeness (QED) is 0.879. The Labute approximate surface area is 143 Å². The van der Waals surface area contributed by atoms with Gasteiger partial charge in [0.25, 0.3) is 0 Å². The van der Waals surface area contributed by atoms with Gasteiger partial charge in [-0.15, -0.1) is 24.8 Å². The van der Waals surface area contributed by atoms with E-state index in [1.54, 1.807) is 0 Å². The van der Waals surface area contributed by atoms with Gasteiger partial charge in [0.05, 0.1) is 12.5 Å². The fourth-order valence-electron chi connectivity index (χ4n) is 2.53. The lowest BCUT2D eigenvalue weighted by Gasteiger charge is -2.34. The Morgan fingerprint density at radius 1 is 1.32 bits per heavy atom. The molecule has 5 nitrogen and oxygen atoms in total. The number of nitriles is 1. The van der Waals surface area contributed by atoms with Gasteiger partial charge in [-0.25, -0.2) is 0 Å². The van der Waals surface area contributed by atoms with Crippen molar-refractivity contribution < 1.29 is 4.79 Å². The largest absolute Gasteiger partial charge is 0.326 e. The molecule has 2 rings (SSSR count). The molecule has 1 aliphatic heterocycles. The molecule has 22 heavy (non-hydrogen) atoms. The lowest BCUT2D eigenvalue weighted by atomic mass is 10.0. The van der Waals surface area contributed by atoms with E-state index in [9.17, 15) is 4.79 Å². The summed E-state index contributed by atoms with van der Waals surface area (Å²) in [5.74, 6) is -0.0755. The number of halogens is 2. The molecule has 1 aromatic rings. The summed E-state index contributed by atoms with van der Waals surface area (Å²) in [4.78, 5) is 13.4. The standard InChI is InChI=1S/C15H20N4O.2ClH/c1-12(20)18-14-4-2-13(3-5-14)15(6-7-16)19-10-8-17-9-11-19;;/h2-5,15,17H,6,8-11H2,1H3,(H,18,20);2*1H/t15-;;/m0../s1. The van der Waals surface area contributed by atoms with Gasteiger partial charge in [0.2, 0.25) is 5.91 Å². The van der Waals surface area contributed by atoms with E-state index in [2.05, 4.69) is 21.6 Å². The Hall–Kier alpha value is -1.32. The predicted molar refractivity (Wildman–Crippen MR) is 92.7 cm³/mol. The molecule has 1 fully saturated rings. The van der Waals surface area contributed by atoms with Crippen molar-refractivity contribution in [2.24, 2.45) is 0 Å². The summed E-state index contributed by atoms with van der Waals surface area (Å²) in [5.41, 5.74) is 1.92. The van der Waals surface area contributed by atoms with Gasteiger partial charge in [0, 0.05) is 44.8 Å². The molecule has 0 saturated carbocycles. The Morgan fingerprint density at radius 2 is 1.91 bits per heavy atom. The van der Waals surface area contributed by atoms with E-state index < -0.39 is 0 Å². The van der Waals surface area contributed by atoms with E-state index in [0.717, 1.165) is 37.4 Å². The van der Waals surface area contributed by atoms with Gasteiger partial charge >= 0.3 is 0 Å². The number of hydrogen-bond acceptors (Lipinski definition) is 4. The first-order valence-electron chi connectivity index (χ1n) is 6.90. The zero-order valence-electron chi connectivity index (χ0n) is 12.5. The number of nitrogens with zero attached hydrogens (tertiary/aromatic N) is 2. The molecule has 1 atom stereocenters. The first-order chi connectivity index (χ1) is 9.70. The highest BCUT2D eigenvalue weighted by atomic mass is 35.5. The van der Waals surface area contributed by atoms with E-state index in [4.69, 9.17) is 5.26 Å². The minimum atomic E-state index is -0.0755. The average Bonchev–Trinajstić information content (AvgIpc) is 2.46. The summed E-state index contributed by atoms with van der Waals surface area (Å²) in [6.45, 7) is 5.34. The van der Waals surface area contributed by atoms with Crippen LogP contribution in [-0.2, 0) is 4.79 Å². The van der Waals surface area contributed by atoms with Crippen LogP contribution in [-0.4, -0.2) is 37.0 Å². The van der Waals surface area contributed by atoms with Gasteiger partial charge in [0.1, 0.15) is 0 Å². The van der Waals surface area contributed by atoms with E-state index in [1.807, 2.05) is 24.3 Å². The second-order valence-corrected chi connectivity index (χ2v) is 4.97. The molecule has 0 aromatic heterocycles. The normalized spacial score (nSPS) is 15.6. The lowest BCUT2D eigenvalue weighted by Crippen LogP contribution is -2.45. The molecule has 1 amide bonds. The van der Waals surface area contributed by atoms with Crippen LogP contribution in [0.5, 0.6) is 0 Å². The Balaban J connectivity index is 0.00000220. The van der Waals surface area contributed by atoms with Crippen molar-refractivity contribution >= 4 is 36.4 Å². The third kappa shape index (κ3) is 5.82. The minimum absolute atomic E-state index is 0. The SMILES string of the molecule is CC(=O)Nc1ccc([C@H](CC#N)N2CCNCC2)cc1.Cl.Cl. The third-order valence-corrected chi connectivity index (χ3v) is 3.49. The molecule has 7 heteroatoms. The summed E-state index contributed by atoms with van der Waals surface area (Å²) in [6.07, 6.45) is 0.486. The van der Waals surface area contributed by atoms with Crippen LogP contribution in [0.15, 0.2) is 24.3 Å². The van der Waals surface area contributed by atoms with Crippen LogP contribution in [0, 0.1) is 11.3 Å². The first-order valence-corrected chi connectivity index (χ1v) is 6.90. The number of carbonyl (C=O) groups excluding carboxylic acids is 1. The van der Waals surface area contributed by atoms with Crippen LogP contribution < -0.4 is 10.6 Å². The number of anilines is 1. The summed E-state index contributed by atoms with van der Waals surface area (Å²) in [6, 6.07) is 10.2. The van der Waals surface area contributed by atoms with E-state index in [0.29, 0.717) is 6.42 Å². The molecule has 1 saturated heterocycles. The van der Waals surface area contributed by atoms with Gasteiger partial charge in [0.15, 0.2) is 0 Å². The molecule has 1 aliphatic rings. The molecule has 1 heterocycles. The summed E-state index contributed by atoms with van der Waals surface area (Å²) in [7, 11) is 0. The molecule has 0 unspecified atom stereocenters. The highest BCUT2D eigenvalue weighted by Crippen LogP contribution is 2.25. The number of piperazine rings is 1. The number of carbonyl (C=O) groups is 1. The highest BCUT2D eigenvalue weighted by molar-refractivity contribution is 5.88. The fourth-order valence-corrected chi connectivity index (χ4v) is 2.53. The van der Waals surface area contributed by atoms with E-state index in [-0.39, 0.29) is 36.8 Å². The van der Waals surface area contributed by atoms with Crippen LogP contribution in [0.4, 0.5) is 5.69 Å². The molecule has 0 bridgehead atoms. The zero-order chi connectivity index (χ0) is 14.4. The van der Waals surface area contributed by atoms with Gasteiger partial charge in [-0.3, -0.25) is 9.69 Å². The predicted octanol–water partition coefficient (Wildman–Crippen LogP) is 2.35. The van der Waals surface area contributed by atoms with Crippen LogP contribution in [0.2, 0.25) is 0 Å². The van der Waals surface area contributed by atoms with Crippen LogP contribution >= 0.6 is 24.8 Å². The number of hydrogen-bond donors (Lipinski definition) is 2. The topological polar surface area (TPSA) is 68.2 Å². The number of amides is 1. The average molecular weight is 345 g/mol.